The number of hydrogen-bond donors (Lipinski definition) is 1. The van der Waals surface area contributed by atoms with E-state index in [4.69, 9.17) is 9.72 Å². The summed E-state index contributed by atoms with van der Waals surface area (Å²) >= 11 is 0. The number of fused-ring (bicyclic) bond motifs is 1. The van der Waals surface area contributed by atoms with Crippen LogP contribution in [0.15, 0.2) is 60.7 Å². The second kappa shape index (κ2) is 8.66. The Hall–Kier alpha value is -3.87. The molecule has 1 aliphatic heterocycles. The summed E-state index contributed by atoms with van der Waals surface area (Å²) in [6.45, 7) is 5.79. The molecule has 2 heterocycles. The number of likely N-dealkylation sites (N-methyl/N-ethyl adjacent to an activating group) is 1. The number of anilines is 1. The maximum absolute atomic E-state index is 12.3. The number of ether oxygens (including phenoxy) is 1. The van der Waals surface area contributed by atoms with Crippen LogP contribution in [0.2, 0.25) is 0 Å². The first-order valence-electron chi connectivity index (χ1n) is 12.3. The number of nitrogens with zero attached hydrogens (tertiary/aromatic N) is 3. The maximum Gasteiger partial charge on any atom is 0.408 e. The highest BCUT2D eigenvalue weighted by Gasteiger charge is 2.50. The van der Waals surface area contributed by atoms with Crippen LogP contribution in [0.3, 0.4) is 0 Å². The first-order valence-corrected chi connectivity index (χ1v) is 12.3. The van der Waals surface area contributed by atoms with Gasteiger partial charge >= 0.3 is 6.09 Å². The number of aromatic nitrogens is 1. The fourth-order valence-electron chi connectivity index (χ4n) is 5.45. The van der Waals surface area contributed by atoms with Gasteiger partial charge in [0.25, 0.3) is 5.91 Å². The number of pyridine rings is 1. The Balaban J connectivity index is 1.61. The van der Waals surface area contributed by atoms with Crippen LogP contribution in [0.4, 0.5) is 10.5 Å². The van der Waals surface area contributed by atoms with Crippen LogP contribution in [0.1, 0.15) is 45.6 Å². The molecule has 2 aromatic carbocycles. The van der Waals surface area contributed by atoms with E-state index in [0.29, 0.717) is 11.6 Å². The molecule has 0 spiro atoms. The van der Waals surface area contributed by atoms with Gasteiger partial charge in [-0.1, -0.05) is 54.6 Å². The third-order valence-electron chi connectivity index (χ3n) is 7.29. The first-order chi connectivity index (χ1) is 17.1. The average Bonchev–Trinajstić information content (AvgIpc) is 2.83. The molecule has 0 atom stereocenters. The molecule has 1 aliphatic carbocycles. The maximum atomic E-state index is 12.3. The van der Waals surface area contributed by atoms with Crippen molar-refractivity contribution in [2.45, 2.75) is 51.1 Å². The van der Waals surface area contributed by atoms with Gasteiger partial charge in [-0.3, -0.25) is 9.69 Å². The van der Waals surface area contributed by atoms with Crippen molar-refractivity contribution in [1.29, 1.82) is 0 Å². The van der Waals surface area contributed by atoms with Crippen LogP contribution in [0, 0.1) is 0 Å². The lowest BCUT2D eigenvalue weighted by Gasteiger charge is -2.54. The molecular formula is C29H31N3O4. The molecule has 0 bridgehead atoms. The summed E-state index contributed by atoms with van der Waals surface area (Å²) in [4.78, 5) is 32.6. The average molecular weight is 486 g/mol. The number of hydrogen-bond acceptors (Lipinski definition) is 4. The summed E-state index contributed by atoms with van der Waals surface area (Å²) in [5.74, 6) is 0.309. The largest absolute Gasteiger partial charge is 0.466 e. The third-order valence-corrected chi connectivity index (χ3v) is 7.29. The van der Waals surface area contributed by atoms with Crippen LogP contribution in [0.5, 0.6) is 5.88 Å². The lowest BCUT2D eigenvalue weighted by atomic mass is 9.69. The standard InChI is InChI=1S/C29H31N3O4/c1-28(2,3)32(27(34)35)29(15-8-16-29)21-13-11-20(12-14-21)25-22(19-9-6-5-7-10-19)17-23-26(30-25)36-18-24(33)31(23)4/h5-7,9-14,17H,8,15-16,18H2,1-4H3,(H,34,35). The van der Waals surface area contributed by atoms with Crippen molar-refractivity contribution in [2.75, 3.05) is 18.6 Å². The van der Waals surface area contributed by atoms with E-state index in [1.807, 2.05) is 81.4 Å². The Morgan fingerprint density at radius 1 is 1.06 bits per heavy atom. The van der Waals surface area contributed by atoms with Crippen LogP contribution in [-0.4, -0.2) is 46.2 Å². The second-order valence-corrected chi connectivity index (χ2v) is 10.6. The zero-order chi connectivity index (χ0) is 25.7. The molecule has 3 aromatic rings. The summed E-state index contributed by atoms with van der Waals surface area (Å²) in [6, 6.07) is 20.0. The molecule has 1 saturated carbocycles. The van der Waals surface area contributed by atoms with Gasteiger partial charge in [-0.25, -0.2) is 9.78 Å². The predicted molar refractivity (Wildman–Crippen MR) is 139 cm³/mol. The van der Waals surface area contributed by atoms with Crippen molar-refractivity contribution in [1.82, 2.24) is 9.88 Å². The molecule has 0 radical (unpaired) electrons. The molecule has 5 rings (SSSR count). The summed E-state index contributed by atoms with van der Waals surface area (Å²) in [6.07, 6.45) is 1.70. The van der Waals surface area contributed by atoms with Crippen LogP contribution < -0.4 is 9.64 Å². The highest BCUT2D eigenvalue weighted by molar-refractivity contribution is 5.98. The summed E-state index contributed by atoms with van der Waals surface area (Å²) in [7, 11) is 1.73. The topological polar surface area (TPSA) is 83.0 Å². The first kappa shape index (κ1) is 23.9. The van der Waals surface area contributed by atoms with Crippen LogP contribution in [-0.2, 0) is 10.3 Å². The summed E-state index contributed by atoms with van der Waals surface area (Å²) in [5.41, 5.74) is 4.12. The number of amides is 2. The molecule has 1 aromatic heterocycles. The minimum absolute atomic E-state index is 0.0418. The van der Waals surface area contributed by atoms with E-state index < -0.39 is 17.2 Å². The van der Waals surface area contributed by atoms with Crippen molar-refractivity contribution in [2.24, 2.45) is 0 Å². The predicted octanol–water partition coefficient (Wildman–Crippen LogP) is 5.93. The molecule has 2 amide bonds. The fraction of sp³-hybridized carbons (Fsp3) is 0.345. The SMILES string of the molecule is CN1C(=O)COc2nc(-c3ccc(C4(N(C(=O)O)C(C)(C)C)CCC4)cc3)c(-c3ccccc3)cc21. The lowest BCUT2D eigenvalue weighted by molar-refractivity contribution is -0.121. The highest BCUT2D eigenvalue weighted by atomic mass is 16.5. The van der Waals surface area contributed by atoms with Crippen molar-refractivity contribution in [3.8, 4) is 28.3 Å². The van der Waals surface area contributed by atoms with Gasteiger partial charge in [-0.15, -0.1) is 0 Å². The van der Waals surface area contributed by atoms with Gasteiger partial charge in [0.15, 0.2) is 6.61 Å². The number of benzene rings is 2. The van der Waals surface area contributed by atoms with E-state index in [1.54, 1.807) is 16.8 Å². The van der Waals surface area contributed by atoms with E-state index in [-0.39, 0.29) is 12.5 Å². The Kier molecular flexibility index (Phi) is 5.74. The summed E-state index contributed by atoms with van der Waals surface area (Å²) < 4.78 is 5.68. The quantitative estimate of drug-likeness (QED) is 0.495. The zero-order valence-electron chi connectivity index (χ0n) is 21.1. The molecule has 36 heavy (non-hydrogen) atoms. The van der Waals surface area contributed by atoms with E-state index >= 15 is 0 Å². The Morgan fingerprint density at radius 2 is 1.72 bits per heavy atom. The minimum Gasteiger partial charge on any atom is -0.466 e. The molecule has 0 unspecified atom stereocenters. The zero-order valence-corrected chi connectivity index (χ0v) is 21.1. The van der Waals surface area contributed by atoms with Crippen LogP contribution >= 0.6 is 0 Å². The van der Waals surface area contributed by atoms with Gasteiger partial charge in [0, 0.05) is 23.7 Å². The highest BCUT2D eigenvalue weighted by Crippen LogP contribution is 2.50. The Bertz CT molecular complexity index is 1310. The van der Waals surface area contributed by atoms with E-state index in [2.05, 4.69) is 0 Å². The van der Waals surface area contributed by atoms with Gasteiger partial charge in [0.05, 0.1) is 11.2 Å². The Morgan fingerprint density at radius 3 is 2.28 bits per heavy atom. The summed E-state index contributed by atoms with van der Waals surface area (Å²) in [5, 5.41) is 10.1. The monoisotopic (exact) mass is 485 g/mol. The third kappa shape index (κ3) is 3.88. The van der Waals surface area contributed by atoms with E-state index in [1.165, 1.54) is 0 Å². The van der Waals surface area contributed by atoms with E-state index in [9.17, 15) is 14.7 Å². The number of carbonyl (C=O) groups excluding carboxylic acids is 1. The molecule has 1 fully saturated rings. The van der Waals surface area contributed by atoms with Crippen molar-refractivity contribution < 1.29 is 19.4 Å². The molecule has 7 nitrogen and oxygen atoms in total. The smallest absolute Gasteiger partial charge is 0.408 e. The fourth-order valence-corrected chi connectivity index (χ4v) is 5.45. The van der Waals surface area contributed by atoms with Crippen molar-refractivity contribution in [3.63, 3.8) is 0 Å². The van der Waals surface area contributed by atoms with Crippen molar-refractivity contribution >= 4 is 17.7 Å². The van der Waals surface area contributed by atoms with Gasteiger partial charge < -0.3 is 14.7 Å². The molecule has 2 aliphatic rings. The van der Waals surface area contributed by atoms with Crippen LogP contribution in [0.25, 0.3) is 22.4 Å². The van der Waals surface area contributed by atoms with Gasteiger partial charge in [0.2, 0.25) is 5.88 Å². The van der Waals surface area contributed by atoms with E-state index in [0.717, 1.165) is 47.2 Å². The van der Waals surface area contributed by atoms with Gasteiger partial charge in [-0.2, -0.15) is 0 Å². The molecule has 0 saturated heterocycles. The van der Waals surface area contributed by atoms with Gasteiger partial charge in [0.1, 0.15) is 5.69 Å². The molecule has 1 N–H and O–H groups in total. The normalized spacial score (nSPS) is 16.6. The van der Waals surface area contributed by atoms with Gasteiger partial charge in [-0.05, 0) is 57.2 Å². The molecular weight excluding hydrogens is 454 g/mol. The molecule has 186 valence electrons. The number of carbonyl (C=O) groups is 2. The number of rotatable bonds is 4. The second-order valence-electron chi connectivity index (χ2n) is 10.6. The van der Waals surface area contributed by atoms with Crippen molar-refractivity contribution in [3.05, 3.63) is 66.2 Å². The lowest BCUT2D eigenvalue weighted by Crippen LogP contribution is -2.60. The Labute approximate surface area is 211 Å². The minimum atomic E-state index is -0.898. The number of carboxylic acid groups (broad SMARTS) is 1. The molecule has 7 heteroatoms.